The second kappa shape index (κ2) is 7.77. The molecule has 2 rings (SSSR count). The summed E-state index contributed by atoms with van der Waals surface area (Å²) in [5, 5.41) is 12.9. The van der Waals surface area contributed by atoms with E-state index < -0.39 is 11.6 Å². The number of rotatable bonds is 6. The summed E-state index contributed by atoms with van der Waals surface area (Å²) in [5.41, 5.74) is 5.93. The van der Waals surface area contributed by atoms with E-state index in [0.717, 1.165) is 11.3 Å². The zero-order valence-corrected chi connectivity index (χ0v) is 13.7. The number of hydrogen-bond donors (Lipinski definition) is 3. The van der Waals surface area contributed by atoms with E-state index in [0.29, 0.717) is 26.1 Å². The first-order chi connectivity index (χ1) is 10.9. The third-order valence-corrected chi connectivity index (χ3v) is 3.93. The molecular formula is C17H26N2O4. The van der Waals surface area contributed by atoms with Crippen LogP contribution in [-0.2, 0) is 9.53 Å². The second-order valence-electron chi connectivity index (χ2n) is 6.23. The minimum atomic E-state index is -0.896. The van der Waals surface area contributed by atoms with Crippen molar-refractivity contribution in [2.75, 3.05) is 19.8 Å². The Labute approximate surface area is 137 Å². The lowest BCUT2D eigenvalue weighted by Gasteiger charge is -2.32. The van der Waals surface area contributed by atoms with Gasteiger partial charge >= 0.3 is 0 Å². The van der Waals surface area contributed by atoms with E-state index in [1.165, 1.54) is 0 Å². The van der Waals surface area contributed by atoms with E-state index in [4.69, 9.17) is 15.2 Å². The Hall–Kier alpha value is -1.63. The average molecular weight is 322 g/mol. The summed E-state index contributed by atoms with van der Waals surface area (Å²) in [6.45, 7) is 5.02. The average Bonchev–Trinajstić information content (AvgIpc) is 2.53. The molecule has 0 bridgehead atoms. The highest BCUT2D eigenvalue weighted by molar-refractivity contribution is 5.86. The van der Waals surface area contributed by atoms with Crippen molar-refractivity contribution in [2.45, 2.75) is 44.4 Å². The standard InChI is InChI=1S/C17H26N2O4/c1-12(2)23-14-5-3-13(4-6-14)15(20)11-19-16(21)17(18)7-9-22-10-8-17/h3-6,12,15,20H,7-11,18H2,1-2H3,(H,19,21). The van der Waals surface area contributed by atoms with Crippen LogP contribution in [0.2, 0.25) is 0 Å². The molecule has 0 radical (unpaired) electrons. The fourth-order valence-corrected chi connectivity index (χ4v) is 2.49. The van der Waals surface area contributed by atoms with Gasteiger partial charge in [0.05, 0.1) is 17.7 Å². The number of hydrogen-bond acceptors (Lipinski definition) is 5. The number of benzene rings is 1. The first-order valence-corrected chi connectivity index (χ1v) is 8.00. The van der Waals surface area contributed by atoms with E-state index in [2.05, 4.69) is 5.32 Å². The summed E-state index contributed by atoms with van der Waals surface area (Å²) >= 11 is 0. The van der Waals surface area contributed by atoms with Crippen LogP contribution >= 0.6 is 0 Å². The number of aliphatic hydroxyl groups excluding tert-OH is 1. The zero-order valence-electron chi connectivity index (χ0n) is 13.7. The molecule has 0 aromatic heterocycles. The third-order valence-electron chi connectivity index (χ3n) is 3.93. The van der Waals surface area contributed by atoms with E-state index in [9.17, 15) is 9.90 Å². The van der Waals surface area contributed by atoms with Crippen LogP contribution in [0.15, 0.2) is 24.3 Å². The lowest BCUT2D eigenvalue weighted by molar-refractivity contribution is -0.130. The van der Waals surface area contributed by atoms with Gasteiger partial charge in [0.15, 0.2) is 0 Å². The van der Waals surface area contributed by atoms with Crippen LogP contribution in [0, 0.1) is 0 Å². The molecule has 0 saturated carbocycles. The van der Waals surface area contributed by atoms with Gasteiger partial charge in [-0.2, -0.15) is 0 Å². The predicted octanol–water partition coefficient (Wildman–Crippen LogP) is 1.13. The van der Waals surface area contributed by atoms with Gasteiger partial charge in [-0.05, 0) is 44.4 Å². The highest BCUT2D eigenvalue weighted by atomic mass is 16.5. The molecule has 6 nitrogen and oxygen atoms in total. The number of carbonyl (C=O) groups excluding carboxylic acids is 1. The van der Waals surface area contributed by atoms with Crippen molar-refractivity contribution >= 4 is 5.91 Å². The Balaban J connectivity index is 1.86. The highest BCUT2D eigenvalue weighted by Crippen LogP contribution is 2.20. The van der Waals surface area contributed by atoms with E-state index in [1.807, 2.05) is 26.0 Å². The number of aliphatic hydroxyl groups is 1. The number of nitrogens with one attached hydrogen (secondary N) is 1. The molecule has 4 N–H and O–H groups in total. The Morgan fingerprint density at radius 3 is 2.52 bits per heavy atom. The van der Waals surface area contributed by atoms with Crippen LogP contribution < -0.4 is 15.8 Å². The molecule has 1 aliphatic rings. The van der Waals surface area contributed by atoms with Crippen LogP contribution in [-0.4, -0.2) is 42.4 Å². The molecule has 1 atom stereocenters. The molecule has 1 amide bonds. The van der Waals surface area contributed by atoms with E-state index in [-0.39, 0.29) is 18.6 Å². The second-order valence-corrected chi connectivity index (χ2v) is 6.23. The molecule has 128 valence electrons. The van der Waals surface area contributed by atoms with Crippen LogP contribution in [0.5, 0.6) is 5.75 Å². The van der Waals surface area contributed by atoms with E-state index in [1.54, 1.807) is 12.1 Å². The van der Waals surface area contributed by atoms with Gasteiger partial charge < -0.3 is 25.6 Å². The van der Waals surface area contributed by atoms with Gasteiger partial charge in [-0.15, -0.1) is 0 Å². The SMILES string of the molecule is CC(C)Oc1ccc(C(O)CNC(=O)C2(N)CCOCC2)cc1. The van der Waals surface area contributed by atoms with Crippen LogP contribution in [0.3, 0.4) is 0 Å². The molecule has 1 heterocycles. The molecule has 0 aliphatic carbocycles. The highest BCUT2D eigenvalue weighted by Gasteiger charge is 2.35. The Morgan fingerprint density at radius 2 is 1.96 bits per heavy atom. The van der Waals surface area contributed by atoms with Gasteiger partial charge in [0.2, 0.25) is 5.91 Å². The summed E-state index contributed by atoms with van der Waals surface area (Å²) in [5.74, 6) is 0.516. The number of amides is 1. The van der Waals surface area contributed by atoms with Gasteiger partial charge in [-0.1, -0.05) is 12.1 Å². The maximum absolute atomic E-state index is 12.2. The van der Waals surface area contributed by atoms with Gasteiger partial charge in [0.25, 0.3) is 0 Å². The summed E-state index contributed by atoms with van der Waals surface area (Å²) in [4.78, 5) is 12.2. The molecule has 0 spiro atoms. The smallest absolute Gasteiger partial charge is 0.240 e. The van der Waals surface area contributed by atoms with Crippen LogP contribution in [0.25, 0.3) is 0 Å². The van der Waals surface area contributed by atoms with Gasteiger partial charge in [-0.3, -0.25) is 4.79 Å². The van der Waals surface area contributed by atoms with Crippen molar-refractivity contribution in [3.63, 3.8) is 0 Å². The summed E-state index contributed by atoms with van der Waals surface area (Å²) < 4.78 is 10.8. The van der Waals surface area contributed by atoms with Crippen molar-refractivity contribution < 1.29 is 19.4 Å². The predicted molar refractivity (Wildman–Crippen MR) is 87.1 cm³/mol. The van der Waals surface area contributed by atoms with Crippen molar-refractivity contribution in [1.29, 1.82) is 0 Å². The number of carbonyl (C=O) groups is 1. The molecule has 1 aliphatic heterocycles. The quantitative estimate of drug-likeness (QED) is 0.730. The lowest BCUT2D eigenvalue weighted by atomic mass is 9.90. The summed E-state index contributed by atoms with van der Waals surface area (Å²) in [7, 11) is 0. The summed E-state index contributed by atoms with van der Waals surface area (Å²) in [6, 6.07) is 7.20. The molecule has 1 fully saturated rings. The maximum atomic E-state index is 12.2. The first kappa shape index (κ1) is 17.7. The third kappa shape index (κ3) is 4.92. The van der Waals surface area contributed by atoms with Crippen LogP contribution in [0.4, 0.5) is 0 Å². The minimum Gasteiger partial charge on any atom is -0.491 e. The van der Waals surface area contributed by atoms with Gasteiger partial charge in [0.1, 0.15) is 5.75 Å². The zero-order chi connectivity index (χ0) is 16.9. The summed E-state index contributed by atoms with van der Waals surface area (Å²) in [6.07, 6.45) is 0.313. The molecule has 23 heavy (non-hydrogen) atoms. The molecule has 1 aromatic rings. The fraction of sp³-hybridized carbons (Fsp3) is 0.588. The van der Waals surface area contributed by atoms with Crippen molar-refractivity contribution in [1.82, 2.24) is 5.32 Å². The molecular weight excluding hydrogens is 296 g/mol. The Morgan fingerprint density at radius 1 is 1.35 bits per heavy atom. The molecule has 1 aromatic carbocycles. The maximum Gasteiger partial charge on any atom is 0.240 e. The Bertz CT molecular complexity index is 510. The topological polar surface area (TPSA) is 93.8 Å². The normalized spacial score (nSPS) is 18.5. The van der Waals surface area contributed by atoms with Gasteiger partial charge in [-0.25, -0.2) is 0 Å². The number of nitrogens with two attached hydrogens (primary N) is 1. The molecule has 1 unspecified atom stereocenters. The molecule has 6 heteroatoms. The van der Waals surface area contributed by atoms with Crippen LogP contribution in [0.1, 0.15) is 38.4 Å². The monoisotopic (exact) mass is 322 g/mol. The first-order valence-electron chi connectivity index (χ1n) is 8.00. The number of ether oxygens (including phenoxy) is 2. The fourth-order valence-electron chi connectivity index (χ4n) is 2.49. The van der Waals surface area contributed by atoms with Crippen molar-refractivity contribution in [3.8, 4) is 5.75 Å². The lowest BCUT2D eigenvalue weighted by Crippen LogP contribution is -2.57. The largest absolute Gasteiger partial charge is 0.491 e. The van der Waals surface area contributed by atoms with E-state index >= 15 is 0 Å². The van der Waals surface area contributed by atoms with Gasteiger partial charge in [0, 0.05) is 19.8 Å². The van der Waals surface area contributed by atoms with Crippen molar-refractivity contribution in [3.05, 3.63) is 29.8 Å². The molecule has 1 saturated heterocycles. The minimum absolute atomic E-state index is 0.102. The van der Waals surface area contributed by atoms with Crippen molar-refractivity contribution in [2.24, 2.45) is 5.73 Å². The Kier molecular flexibility index (Phi) is 5.98.